The summed E-state index contributed by atoms with van der Waals surface area (Å²) in [5.41, 5.74) is 0. The molecular weight excluding hydrogens is 224 g/mol. The minimum absolute atomic E-state index is 0.0341. The highest BCUT2D eigenvalue weighted by molar-refractivity contribution is 5.82. The number of nitrogens with zero attached hydrogens (tertiary/aromatic N) is 1. The van der Waals surface area contributed by atoms with E-state index in [9.17, 15) is 13.6 Å². The van der Waals surface area contributed by atoms with Gasteiger partial charge >= 0.3 is 0 Å². The lowest BCUT2D eigenvalue weighted by Crippen LogP contribution is -2.48. The maximum atomic E-state index is 12.8. The number of carbonyl (C=O) groups is 1. The van der Waals surface area contributed by atoms with E-state index >= 15 is 0 Å². The van der Waals surface area contributed by atoms with E-state index in [-0.39, 0.29) is 29.8 Å². The number of halogens is 2. The van der Waals surface area contributed by atoms with Crippen molar-refractivity contribution in [2.45, 2.75) is 44.2 Å². The molecule has 4 atom stereocenters. The Kier molecular flexibility index (Phi) is 2.39. The molecule has 1 heterocycles. The molecule has 3 fully saturated rings. The van der Waals surface area contributed by atoms with Crippen LogP contribution in [0.2, 0.25) is 0 Å². The van der Waals surface area contributed by atoms with Crippen molar-refractivity contribution in [3.63, 3.8) is 0 Å². The number of rotatable bonds is 2. The van der Waals surface area contributed by atoms with Gasteiger partial charge in [0, 0.05) is 23.8 Å². The fraction of sp³-hybridized carbons (Fsp3) is 0.769. The SMILES string of the molecule is C#C[C@H]1[C@H]2CC(C[C@@H]2C(F)F)N1C(=O)C1CC1. The van der Waals surface area contributed by atoms with Crippen LogP contribution >= 0.6 is 0 Å². The highest BCUT2D eigenvalue weighted by Crippen LogP contribution is 2.50. The molecule has 1 amide bonds. The Morgan fingerprint density at radius 2 is 2.06 bits per heavy atom. The summed E-state index contributed by atoms with van der Waals surface area (Å²) in [6.07, 6.45) is 6.10. The normalized spacial score (nSPS) is 39.8. The lowest BCUT2D eigenvalue weighted by molar-refractivity contribution is -0.137. The molecule has 2 bridgehead atoms. The summed E-state index contributed by atoms with van der Waals surface area (Å²) >= 11 is 0. The fourth-order valence-corrected chi connectivity index (χ4v) is 3.45. The van der Waals surface area contributed by atoms with Crippen molar-refractivity contribution >= 4 is 5.91 Å². The molecule has 2 saturated carbocycles. The van der Waals surface area contributed by atoms with Gasteiger partial charge in [0.1, 0.15) is 0 Å². The van der Waals surface area contributed by atoms with Gasteiger partial charge in [-0.05, 0) is 25.7 Å². The molecule has 0 radical (unpaired) electrons. The number of piperidine rings is 1. The second-order valence-corrected chi connectivity index (χ2v) is 5.42. The Balaban J connectivity index is 1.81. The van der Waals surface area contributed by atoms with Gasteiger partial charge in [-0.3, -0.25) is 4.79 Å². The van der Waals surface area contributed by atoms with Crippen LogP contribution in [0.25, 0.3) is 0 Å². The van der Waals surface area contributed by atoms with Gasteiger partial charge in [-0.15, -0.1) is 6.42 Å². The van der Waals surface area contributed by atoms with Crippen molar-refractivity contribution < 1.29 is 13.6 Å². The lowest BCUT2D eigenvalue weighted by Gasteiger charge is -2.36. The number of terminal acetylenes is 1. The maximum absolute atomic E-state index is 12.8. The van der Waals surface area contributed by atoms with E-state index in [2.05, 4.69) is 5.92 Å². The van der Waals surface area contributed by atoms with Crippen LogP contribution in [0.1, 0.15) is 25.7 Å². The minimum Gasteiger partial charge on any atom is -0.325 e. The van der Waals surface area contributed by atoms with Crippen LogP contribution in [-0.4, -0.2) is 29.3 Å². The second-order valence-electron chi connectivity index (χ2n) is 5.42. The number of fused-ring (bicyclic) bond motifs is 2. The summed E-state index contributed by atoms with van der Waals surface area (Å²) in [7, 11) is 0. The average molecular weight is 239 g/mol. The number of alkyl halides is 2. The third-order valence-electron chi connectivity index (χ3n) is 4.41. The molecule has 17 heavy (non-hydrogen) atoms. The Bertz CT molecular complexity index is 385. The number of likely N-dealkylation sites (tertiary alicyclic amines) is 1. The van der Waals surface area contributed by atoms with E-state index in [1.165, 1.54) is 0 Å². The van der Waals surface area contributed by atoms with Crippen LogP contribution in [0.5, 0.6) is 0 Å². The molecule has 0 aromatic rings. The van der Waals surface area contributed by atoms with Gasteiger partial charge in [0.2, 0.25) is 12.3 Å². The first-order valence-electron chi connectivity index (χ1n) is 6.20. The predicted octanol–water partition coefficient (Wildman–Crippen LogP) is 1.90. The molecule has 0 aromatic heterocycles. The molecule has 2 aliphatic carbocycles. The van der Waals surface area contributed by atoms with E-state index in [1.807, 2.05) is 0 Å². The molecule has 4 heteroatoms. The summed E-state index contributed by atoms with van der Waals surface area (Å²) in [6.45, 7) is 0. The van der Waals surface area contributed by atoms with Crippen molar-refractivity contribution in [2.75, 3.05) is 0 Å². The number of amides is 1. The Hall–Kier alpha value is -1.11. The standard InChI is InChI=1S/C13H15F2NO/c1-2-11-9-5-8(6-10(9)12(14)15)16(11)13(17)7-3-4-7/h1,7-12H,3-6H2/t8?,9-,10-,11-/m0/s1. The molecule has 1 saturated heterocycles. The quantitative estimate of drug-likeness (QED) is 0.674. The maximum Gasteiger partial charge on any atom is 0.241 e. The molecule has 92 valence electrons. The van der Waals surface area contributed by atoms with Crippen molar-refractivity contribution in [3.8, 4) is 12.3 Å². The van der Waals surface area contributed by atoms with E-state index < -0.39 is 12.3 Å². The summed E-state index contributed by atoms with van der Waals surface area (Å²) in [4.78, 5) is 13.8. The molecule has 2 nitrogen and oxygen atoms in total. The zero-order valence-corrected chi connectivity index (χ0v) is 9.48. The number of carbonyl (C=O) groups excluding carboxylic acids is 1. The number of hydrogen-bond acceptors (Lipinski definition) is 1. The van der Waals surface area contributed by atoms with Crippen LogP contribution in [-0.2, 0) is 4.79 Å². The smallest absolute Gasteiger partial charge is 0.241 e. The van der Waals surface area contributed by atoms with Gasteiger partial charge in [0.05, 0.1) is 6.04 Å². The Labute approximate surface area is 99.4 Å². The summed E-state index contributed by atoms with van der Waals surface area (Å²) < 4.78 is 25.7. The topological polar surface area (TPSA) is 20.3 Å². The van der Waals surface area contributed by atoms with Crippen LogP contribution < -0.4 is 0 Å². The van der Waals surface area contributed by atoms with E-state index in [0.717, 1.165) is 12.8 Å². The molecule has 0 spiro atoms. The van der Waals surface area contributed by atoms with Gasteiger partial charge in [0.25, 0.3) is 0 Å². The Morgan fingerprint density at radius 3 is 2.59 bits per heavy atom. The van der Waals surface area contributed by atoms with Gasteiger partial charge in [-0.2, -0.15) is 0 Å². The predicted molar refractivity (Wildman–Crippen MR) is 58.2 cm³/mol. The molecule has 1 aliphatic heterocycles. The van der Waals surface area contributed by atoms with E-state index in [4.69, 9.17) is 6.42 Å². The monoisotopic (exact) mass is 239 g/mol. The second kappa shape index (κ2) is 3.69. The first-order chi connectivity index (χ1) is 8.13. The molecule has 1 unspecified atom stereocenters. The van der Waals surface area contributed by atoms with Crippen LogP contribution in [0.15, 0.2) is 0 Å². The molecule has 0 aromatic carbocycles. The molecule has 3 aliphatic rings. The largest absolute Gasteiger partial charge is 0.325 e. The number of hydrogen-bond donors (Lipinski definition) is 0. The van der Waals surface area contributed by atoms with Gasteiger partial charge in [0.15, 0.2) is 0 Å². The minimum atomic E-state index is -2.31. The first-order valence-corrected chi connectivity index (χ1v) is 6.20. The summed E-state index contributed by atoms with van der Waals surface area (Å²) in [6, 6.07) is -0.422. The third-order valence-corrected chi connectivity index (χ3v) is 4.41. The molecule has 0 N–H and O–H groups in total. The van der Waals surface area contributed by atoms with Crippen LogP contribution in [0.4, 0.5) is 8.78 Å². The van der Waals surface area contributed by atoms with Crippen molar-refractivity contribution in [2.24, 2.45) is 17.8 Å². The van der Waals surface area contributed by atoms with Crippen LogP contribution in [0.3, 0.4) is 0 Å². The van der Waals surface area contributed by atoms with E-state index in [0.29, 0.717) is 12.8 Å². The van der Waals surface area contributed by atoms with E-state index in [1.54, 1.807) is 4.90 Å². The van der Waals surface area contributed by atoms with Crippen LogP contribution in [0, 0.1) is 30.1 Å². The van der Waals surface area contributed by atoms with Gasteiger partial charge < -0.3 is 4.90 Å². The zero-order valence-electron chi connectivity index (χ0n) is 9.48. The highest BCUT2D eigenvalue weighted by Gasteiger charge is 2.56. The summed E-state index contributed by atoms with van der Waals surface area (Å²) in [5.74, 6) is 2.00. The molecule has 3 rings (SSSR count). The Morgan fingerprint density at radius 1 is 1.35 bits per heavy atom. The van der Waals surface area contributed by atoms with Gasteiger partial charge in [-0.25, -0.2) is 8.78 Å². The van der Waals surface area contributed by atoms with Crippen molar-refractivity contribution in [3.05, 3.63) is 0 Å². The highest BCUT2D eigenvalue weighted by atomic mass is 19.3. The summed E-state index contributed by atoms with van der Waals surface area (Å²) in [5, 5.41) is 0. The fourth-order valence-electron chi connectivity index (χ4n) is 3.45. The van der Waals surface area contributed by atoms with Crippen molar-refractivity contribution in [1.82, 2.24) is 4.90 Å². The molecular formula is C13H15F2NO. The van der Waals surface area contributed by atoms with Gasteiger partial charge in [-0.1, -0.05) is 5.92 Å². The lowest BCUT2D eigenvalue weighted by atomic mass is 9.88. The third kappa shape index (κ3) is 1.55. The first kappa shape index (κ1) is 11.0. The zero-order chi connectivity index (χ0) is 12.2. The average Bonchev–Trinajstić information content (AvgIpc) is 2.98. The van der Waals surface area contributed by atoms with Crippen molar-refractivity contribution in [1.29, 1.82) is 0 Å².